The van der Waals surface area contributed by atoms with E-state index in [1.165, 1.54) is 12.5 Å². The van der Waals surface area contributed by atoms with Gasteiger partial charge >= 0.3 is 0 Å². The van der Waals surface area contributed by atoms with Crippen molar-refractivity contribution in [2.45, 2.75) is 19.3 Å². The minimum Gasteiger partial charge on any atom is -0.493 e. The molecule has 1 aromatic carbocycles. The van der Waals surface area contributed by atoms with E-state index in [1.807, 2.05) is 18.2 Å². The zero-order valence-corrected chi connectivity index (χ0v) is 15.0. The Hall–Kier alpha value is -2.69. The Morgan fingerprint density at radius 3 is 2.56 bits per heavy atom. The summed E-state index contributed by atoms with van der Waals surface area (Å²) in [5.74, 6) is 3.99. The molecule has 5 nitrogen and oxygen atoms in total. The first kappa shape index (κ1) is 17.1. The number of amides is 1. The highest BCUT2D eigenvalue weighted by molar-refractivity contribution is 6.03. The van der Waals surface area contributed by atoms with E-state index in [0.29, 0.717) is 29.1 Å². The van der Waals surface area contributed by atoms with Crippen molar-refractivity contribution in [2.24, 2.45) is 5.92 Å². The Labute approximate surface area is 147 Å². The van der Waals surface area contributed by atoms with Crippen molar-refractivity contribution in [3.8, 4) is 11.5 Å². The molecular formula is C20H23NO4. The number of hydrogen-bond acceptors (Lipinski definition) is 4. The molecule has 3 rings (SSSR count). The maximum absolute atomic E-state index is 12.4. The molecule has 0 N–H and O–H groups in total. The molecule has 0 aliphatic heterocycles. The molecule has 2 atom stereocenters. The van der Waals surface area contributed by atoms with Crippen molar-refractivity contribution >= 4 is 17.7 Å². The molecule has 2 aromatic rings. The molecule has 1 fully saturated rings. The Morgan fingerprint density at radius 2 is 1.92 bits per heavy atom. The molecule has 25 heavy (non-hydrogen) atoms. The quantitative estimate of drug-likeness (QED) is 0.743. The number of methoxy groups -OCH3 is 2. The van der Waals surface area contributed by atoms with E-state index in [1.54, 1.807) is 44.4 Å². The van der Waals surface area contributed by atoms with Crippen LogP contribution in [0, 0.1) is 5.92 Å². The number of hydrogen-bond donors (Lipinski definition) is 0. The molecule has 1 saturated carbocycles. The average molecular weight is 341 g/mol. The van der Waals surface area contributed by atoms with E-state index in [9.17, 15) is 4.79 Å². The summed E-state index contributed by atoms with van der Waals surface area (Å²) in [6.07, 6.45) is 4.39. The van der Waals surface area contributed by atoms with Gasteiger partial charge in [-0.3, -0.25) is 4.79 Å². The van der Waals surface area contributed by atoms with Gasteiger partial charge in [0.15, 0.2) is 11.5 Å². The van der Waals surface area contributed by atoms with Crippen LogP contribution >= 0.6 is 0 Å². The summed E-state index contributed by atoms with van der Waals surface area (Å²) >= 11 is 0. The van der Waals surface area contributed by atoms with Crippen LogP contribution in [-0.2, 0) is 4.79 Å². The Morgan fingerprint density at radius 1 is 1.20 bits per heavy atom. The summed E-state index contributed by atoms with van der Waals surface area (Å²) in [7, 11) is 4.86. The Balaban J connectivity index is 1.68. The van der Waals surface area contributed by atoms with Crippen LogP contribution < -0.4 is 14.4 Å². The molecule has 0 saturated heterocycles. The van der Waals surface area contributed by atoms with Crippen LogP contribution in [0.15, 0.2) is 40.8 Å². The first-order valence-electron chi connectivity index (χ1n) is 8.31. The highest BCUT2D eigenvalue weighted by Gasteiger charge is 2.36. The van der Waals surface area contributed by atoms with Crippen molar-refractivity contribution < 1.29 is 18.7 Å². The minimum absolute atomic E-state index is 0.148. The minimum atomic E-state index is -0.148. The third-order valence-corrected chi connectivity index (χ3v) is 4.60. The van der Waals surface area contributed by atoms with Crippen molar-refractivity contribution in [2.75, 3.05) is 26.2 Å². The third-order valence-electron chi connectivity index (χ3n) is 4.60. The van der Waals surface area contributed by atoms with Gasteiger partial charge in [-0.25, -0.2) is 0 Å². The lowest BCUT2D eigenvalue weighted by Gasteiger charge is -2.17. The van der Waals surface area contributed by atoms with E-state index >= 15 is 0 Å². The number of benzene rings is 1. The van der Waals surface area contributed by atoms with E-state index in [-0.39, 0.29) is 5.91 Å². The van der Waals surface area contributed by atoms with Crippen molar-refractivity contribution in [1.29, 1.82) is 0 Å². The van der Waals surface area contributed by atoms with Gasteiger partial charge in [0.25, 0.3) is 5.91 Å². The number of furan rings is 1. The van der Waals surface area contributed by atoms with Crippen LogP contribution in [0.5, 0.6) is 11.5 Å². The topological polar surface area (TPSA) is 51.9 Å². The number of carbonyl (C=O) groups excluding carboxylic acids is 1. The highest BCUT2D eigenvalue weighted by atomic mass is 16.5. The van der Waals surface area contributed by atoms with Crippen LogP contribution in [-0.4, -0.2) is 27.2 Å². The molecule has 0 spiro atoms. The lowest BCUT2D eigenvalue weighted by Crippen LogP contribution is -2.23. The molecule has 0 radical (unpaired) electrons. The number of carbonyl (C=O) groups is 1. The van der Waals surface area contributed by atoms with Gasteiger partial charge in [-0.15, -0.1) is 0 Å². The fourth-order valence-electron chi connectivity index (χ4n) is 2.80. The number of ether oxygens (including phenoxy) is 2. The monoisotopic (exact) mass is 341 g/mol. The fraction of sp³-hybridized carbons (Fsp3) is 0.350. The lowest BCUT2D eigenvalue weighted by atomic mass is 10.2. The molecule has 5 heteroatoms. The number of rotatable bonds is 6. The standard InChI is InChI=1S/C20H23NO4/c1-13-11-16(13)17-9-6-15(25-17)7-10-20(22)21(2)14-5-8-18(23-3)19(12-14)24-4/h5-10,12-13,16H,11H2,1-4H3/b10-7+. The molecular weight excluding hydrogens is 318 g/mol. The van der Waals surface area contributed by atoms with E-state index < -0.39 is 0 Å². The Kier molecular flexibility index (Phi) is 4.83. The predicted molar refractivity (Wildman–Crippen MR) is 97.2 cm³/mol. The maximum atomic E-state index is 12.4. The fourth-order valence-corrected chi connectivity index (χ4v) is 2.80. The molecule has 1 amide bonds. The third kappa shape index (κ3) is 3.71. The average Bonchev–Trinajstić information content (AvgIpc) is 3.18. The van der Waals surface area contributed by atoms with Crippen molar-refractivity contribution in [1.82, 2.24) is 0 Å². The smallest absolute Gasteiger partial charge is 0.250 e. The second-order valence-corrected chi connectivity index (χ2v) is 6.33. The van der Waals surface area contributed by atoms with Crippen LogP contribution in [0.4, 0.5) is 5.69 Å². The summed E-state index contributed by atoms with van der Waals surface area (Å²) < 4.78 is 16.3. The van der Waals surface area contributed by atoms with Gasteiger partial charge in [-0.2, -0.15) is 0 Å². The van der Waals surface area contributed by atoms with Crippen LogP contribution in [0.3, 0.4) is 0 Å². The molecule has 0 bridgehead atoms. The van der Waals surface area contributed by atoms with Gasteiger partial charge in [-0.05, 0) is 42.7 Å². The zero-order chi connectivity index (χ0) is 18.0. The van der Waals surface area contributed by atoms with Crippen molar-refractivity contribution in [3.63, 3.8) is 0 Å². The summed E-state index contributed by atoms with van der Waals surface area (Å²) in [5.41, 5.74) is 0.722. The molecule has 1 aromatic heterocycles. The van der Waals surface area contributed by atoms with E-state index in [0.717, 1.165) is 11.4 Å². The number of nitrogens with zero attached hydrogens (tertiary/aromatic N) is 1. The zero-order valence-electron chi connectivity index (χ0n) is 15.0. The Bertz CT molecular complexity index is 793. The summed E-state index contributed by atoms with van der Waals surface area (Å²) in [4.78, 5) is 13.9. The second kappa shape index (κ2) is 7.05. The largest absolute Gasteiger partial charge is 0.493 e. The van der Waals surface area contributed by atoms with Gasteiger partial charge in [0.05, 0.1) is 14.2 Å². The van der Waals surface area contributed by atoms with Crippen LogP contribution in [0.2, 0.25) is 0 Å². The molecule has 2 unspecified atom stereocenters. The van der Waals surface area contributed by atoms with Gasteiger partial charge in [-0.1, -0.05) is 6.92 Å². The normalized spacial score (nSPS) is 19.0. The van der Waals surface area contributed by atoms with Gasteiger partial charge in [0.1, 0.15) is 11.5 Å². The maximum Gasteiger partial charge on any atom is 0.250 e. The second-order valence-electron chi connectivity index (χ2n) is 6.33. The molecule has 1 heterocycles. The van der Waals surface area contributed by atoms with Gasteiger partial charge in [0, 0.05) is 30.8 Å². The molecule has 1 aliphatic rings. The van der Waals surface area contributed by atoms with Crippen molar-refractivity contribution in [3.05, 3.63) is 47.9 Å². The predicted octanol–water partition coefficient (Wildman–Crippen LogP) is 4.10. The van der Waals surface area contributed by atoms with Gasteiger partial charge < -0.3 is 18.8 Å². The first-order valence-corrected chi connectivity index (χ1v) is 8.31. The summed E-state index contributed by atoms with van der Waals surface area (Å²) in [6, 6.07) is 9.25. The molecule has 132 valence electrons. The summed E-state index contributed by atoms with van der Waals surface area (Å²) in [5, 5.41) is 0. The van der Waals surface area contributed by atoms with E-state index in [2.05, 4.69) is 6.92 Å². The SMILES string of the molecule is COc1ccc(N(C)C(=O)/C=C/c2ccc(C3CC3C)o2)cc1OC. The highest BCUT2D eigenvalue weighted by Crippen LogP contribution is 2.47. The van der Waals surface area contributed by atoms with Crippen LogP contribution in [0.1, 0.15) is 30.8 Å². The van der Waals surface area contributed by atoms with Gasteiger partial charge in [0.2, 0.25) is 0 Å². The van der Waals surface area contributed by atoms with Crippen LogP contribution in [0.25, 0.3) is 6.08 Å². The molecule has 1 aliphatic carbocycles. The lowest BCUT2D eigenvalue weighted by molar-refractivity contribution is -0.113. The first-order chi connectivity index (χ1) is 12.0. The summed E-state index contributed by atoms with van der Waals surface area (Å²) in [6.45, 7) is 2.21. The number of anilines is 1. The number of likely N-dealkylation sites (N-methyl/N-ethyl adjacent to an activating group) is 1. The van der Waals surface area contributed by atoms with E-state index in [4.69, 9.17) is 13.9 Å².